The molecule has 0 radical (unpaired) electrons. The summed E-state index contributed by atoms with van der Waals surface area (Å²) in [6, 6.07) is 16.0. The molecule has 2 N–H and O–H groups in total. The first kappa shape index (κ1) is 15.1. The van der Waals surface area contributed by atoms with Crippen molar-refractivity contribution in [2.45, 2.75) is 4.90 Å². The molecule has 0 bridgehead atoms. The minimum absolute atomic E-state index is 0.00186. The topological polar surface area (TPSA) is 99.3 Å². The molecule has 0 spiro atoms. The van der Waals surface area contributed by atoms with Crippen LogP contribution < -0.4 is 0 Å². The van der Waals surface area contributed by atoms with Gasteiger partial charge >= 0.3 is 0 Å². The van der Waals surface area contributed by atoms with E-state index in [0.29, 0.717) is 11.4 Å². The highest BCUT2D eigenvalue weighted by atomic mass is 32.2. The van der Waals surface area contributed by atoms with Crippen molar-refractivity contribution >= 4 is 32.3 Å². The Hall–Kier alpha value is -2.77. The van der Waals surface area contributed by atoms with E-state index in [-0.39, 0.29) is 10.6 Å². The second kappa shape index (κ2) is 5.79. The maximum atomic E-state index is 11.0. The molecule has 0 fully saturated rings. The van der Waals surface area contributed by atoms with Crippen molar-refractivity contribution in [3.8, 4) is 5.75 Å². The fourth-order valence-electron chi connectivity index (χ4n) is 2.14. The normalized spacial score (nSPS) is 12.0. The molecule has 0 unspecified atom stereocenters. The lowest BCUT2D eigenvalue weighted by Crippen LogP contribution is -1.96. The third-order valence-electron chi connectivity index (χ3n) is 3.28. The van der Waals surface area contributed by atoms with Crippen LogP contribution in [-0.4, -0.2) is 18.1 Å². The Bertz CT molecular complexity index is 996. The van der Waals surface area contributed by atoms with Gasteiger partial charge in [0.05, 0.1) is 10.6 Å². The number of hydrogen-bond donors (Lipinski definition) is 2. The third kappa shape index (κ3) is 3.20. The zero-order chi connectivity index (χ0) is 16.4. The van der Waals surface area contributed by atoms with Crippen molar-refractivity contribution in [2.24, 2.45) is 10.2 Å². The summed E-state index contributed by atoms with van der Waals surface area (Å²) in [6.07, 6.45) is 0. The Morgan fingerprint density at radius 3 is 2.22 bits per heavy atom. The van der Waals surface area contributed by atoms with Crippen LogP contribution in [-0.2, 0) is 10.1 Å². The van der Waals surface area contributed by atoms with Gasteiger partial charge < -0.3 is 5.11 Å². The van der Waals surface area contributed by atoms with Gasteiger partial charge in [0.25, 0.3) is 10.1 Å². The van der Waals surface area contributed by atoms with E-state index >= 15 is 0 Å². The van der Waals surface area contributed by atoms with Crippen LogP contribution in [0, 0.1) is 0 Å². The first-order valence-electron chi connectivity index (χ1n) is 6.65. The van der Waals surface area contributed by atoms with Gasteiger partial charge in [-0.3, -0.25) is 4.55 Å². The van der Waals surface area contributed by atoms with Crippen molar-refractivity contribution in [2.75, 3.05) is 0 Å². The lowest BCUT2D eigenvalue weighted by Gasteiger charge is -2.03. The summed E-state index contributed by atoms with van der Waals surface area (Å²) in [6.45, 7) is 0. The molecule has 0 aliphatic rings. The summed E-state index contributed by atoms with van der Waals surface area (Å²) in [4.78, 5) is -0.218. The smallest absolute Gasteiger partial charge is 0.294 e. The number of hydrogen-bond acceptors (Lipinski definition) is 5. The lowest BCUT2D eigenvalue weighted by atomic mass is 10.1. The molecule has 6 nitrogen and oxygen atoms in total. The Labute approximate surface area is 132 Å². The quantitative estimate of drug-likeness (QED) is 0.555. The molecule has 0 heterocycles. The van der Waals surface area contributed by atoms with Gasteiger partial charge in [-0.1, -0.05) is 30.3 Å². The predicted octanol–water partition coefficient (Wildman–Crippen LogP) is 4.21. The highest BCUT2D eigenvalue weighted by Crippen LogP contribution is 2.35. The van der Waals surface area contributed by atoms with Crippen LogP contribution in [0.25, 0.3) is 10.8 Å². The van der Waals surface area contributed by atoms with Crippen molar-refractivity contribution in [1.29, 1.82) is 0 Å². The summed E-state index contributed by atoms with van der Waals surface area (Å²) < 4.78 is 30.9. The van der Waals surface area contributed by atoms with Gasteiger partial charge in [0.2, 0.25) is 0 Å². The maximum Gasteiger partial charge on any atom is 0.294 e. The molecule has 0 aliphatic heterocycles. The van der Waals surface area contributed by atoms with Crippen LogP contribution >= 0.6 is 0 Å². The van der Waals surface area contributed by atoms with E-state index in [1.807, 2.05) is 24.3 Å². The molecule has 0 amide bonds. The second-order valence-corrected chi connectivity index (χ2v) is 6.24. The van der Waals surface area contributed by atoms with Gasteiger partial charge in [0, 0.05) is 5.39 Å². The molecule has 116 valence electrons. The summed E-state index contributed by atoms with van der Waals surface area (Å²) in [5, 5.41) is 19.7. The minimum Gasteiger partial charge on any atom is -0.506 e. The molecule has 0 saturated carbocycles. The van der Waals surface area contributed by atoms with Crippen LogP contribution in [0.3, 0.4) is 0 Å². The van der Waals surface area contributed by atoms with Gasteiger partial charge in [0.1, 0.15) is 11.4 Å². The number of fused-ring (bicyclic) bond motifs is 1. The van der Waals surface area contributed by atoms with Crippen LogP contribution in [0.2, 0.25) is 0 Å². The largest absolute Gasteiger partial charge is 0.506 e. The third-order valence-corrected chi connectivity index (χ3v) is 4.15. The predicted molar refractivity (Wildman–Crippen MR) is 86.0 cm³/mol. The average molecular weight is 328 g/mol. The van der Waals surface area contributed by atoms with E-state index in [0.717, 1.165) is 10.8 Å². The molecular weight excluding hydrogens is 316 g/mol. The van der Waals surface area contributed by atoms with Crippen LogP contribution in [0.4, 0.5) is 11.4 Å². The number of phenols is 1. The van der Waals surface area contributed by atoms with E-state index in [9.17, 15) is 13.5 Å². The maximum absolute atomic E-state index is 11.0. The standard InChI is InChI=1S/C16H12N2O4S/c19-15-10-5-11-3-1-2-4-14(11)16(15)18-17-12-6-8-13(9-7-12)23(20,21)22/h1-10,19H,(H,20,21,22)/b18-17+. The molecule has 0 saturated heterocycles. The Kier molecular flexibility index (Phi) is 3.81. The van der Waals surface area contributed by atoms with Gasteiger partial charge in [-0.25, -0.2) is 0 Å². The van der Waals surface area contributed by atoms with Crippen LogP contribution in [0.5, 0.6) is 5.75 Å². The van der Waals surface area contributed by atoms with Crippen molar-refractivity contribution < 1.29 is 18.1 Å². The average Bonchev–Trinajstić information content (AvgIpc) is 2.53. The molecule has 3 aromatic rings. The highest BCUT2D eigenvalue weighted by molar-refractivity contribution is 7.85. The SMILES string of the molecule is O=S(=O)(O)c1ccc(/N=N/c2c(O)ccc3ccccc23)cc1. The fourth-order valence-corrected chi connectivity index (χ4v) is 2.62. The lowest BCUT2D eigenvalue weighted by molar-refractivity contribution is 0.477. The van der Waals surface area contributed by atoms with Crippen molar-refractivity contribution in [3.63, 3.8) is 0 Å². The first-order valence-corrected chi connectivity index (χ1v) is 8.09. The Morgan fingerprint density at radius 1 is 0.826 bits per heavy atom. The fraction of sp³-hybridized carbons (Fsp3) is 0. The zero-order valence-electron chi connectivity index (χ0n) is 11.8. The van der Waals surface area contributed by atoms with E-state index < -0.39 is 10.1 Å². The number of phenolic OH excluding ortho intramolecular Hbond substituents is 1. The van der Waals surface area contributed by atoms with Gasteiger partial charge in [0.15, 0.2) is 0 Å². The van der Waals surface area contributed by atoms with E-state index in [4.69, 9.17) is 4.55 Å². The van der Waals surface area contributed by atoms with Crippen LogP contribution in [0.1, 0.15) is 0 Å². The molecule has 3 rings (SSSR count). The molecule has 0 atom stereocenters. The number of rotatable bonds is 3. The molecule has 23 heavy (non-hydrogen) atoms. The second-order valence-electron chi connectivity index (χ2n) is 4.82. The summed E-state index contributed by atoms with van der Waals surface area (Å²) in [5.74, 6) is 0.00186. The van der Waals surface area contributed by atoms with Crippen LogP contribution in [0.15, 0.2) is 75.8 Å². The Balaban J connectivity index is 1.99. The number of benzene rings is 3. The molecule has 3 aromatic carbocycles. The van der Waals surface area contributed by atoms with Gasteiger partial charge in [-0.15, -0.1) is 5.11 Å². The molecule has 0 aliphatic carbocycles. The first-order chi connectivity index (χ1) is 10.9. The zero-order valence-corrected chi connectivity index (χ0v) is 12.6. The summed E-state index contributed by atoms with van der Waals surface area (Å²) in [5.41, 5.74) is 0.728. The van der Waals surface area contributed by atoms with E-state index in [1.165, 1.54) is 30.3 Å². The summed E-state index contributed by atoms with van der Waals surface area (Å²) in [7, 11) is -4.23. The molecule has 7 heteroatoms. The van der Waals surface area contributed by atoms with E-state index in [1.54, 1.807) is 6.07 Å². The minimum atomic E-state index is -4.23. The highest BCUT2D eigenvalue weighted by Gasteiger charge is 2.09. The van der Waals surface area contributed by atoms with Crippen molar-refractivity contribution in [3.05, 3.63) is 60.7 Å². The number of azo groups is 1. The monoisotopic (exact) mass is 328 g/mol. The van der Waals surface area contributed by atoms with E-state index in [2.05, 4.69) is 10.2 Å². The van der Waals surface area contributed by atoms with Gasteiger partial charge in [-0.05, 0) is 35.7 Å². The molecule has 0 aromatic heterocycles. The number of nitrogens with zero attached hydrogens (tertiary/aromatic N) is 2. The summed E-state index contributed by atoms with van der Waals surface area (Å²) >= 11 is 0. The van der Waals surface area contributed by atoms with Gasteiger partial charge in [-0.2, -0.15) is 13.5 Å². The van der Waals surface area contributed by atoms with Crippen molar-refractivity contribution in [1.82, 2.24) is 0 Å². The number of aromatic hydroxyl groups is 1. The molecular formula is C16H12N2O4S. The Morgan fingerprint density at radius 2 is 1.52 bits per heavy atom.